The van der Waals surface area contributed by atoms with Crippen LogP contribution in [0.1, 0.15) is 32.3 Å². The second-order valence-corrected chi connectivity index (χ2v) is 8.61. The van der Waals surface area contributed by atoms with Crippen LogP contribution in [0, 0.1) is 5.92 Å². The van der Waals surface area contributed by atoms with E-state index in [2.05, 4.69) is 30.7 Å². The number of piperidine rings is 1. The third kappa shape index (κ3) is 5.23. The summed E-state index contributed by atoms with van der Waals surface area (Å²) >= 11 is 0. The zero-order valence-electron chi connectivity index (χ0n) is 17.4. The number of rotatable bonds is 7. The topological polar surface area (TPSA) is 36.0 Å². The van der Waals surface area contributed by atoms with Crippen molar-refractivity contribution in [3.63, 3.8) is 0 Å². The Kier molecular flexibility index (Phi) is 6.77. The summed E-state index contributed by atoms with van der Waals surface area (Å²) in [6, 6.07) is 9.02. The molecule has 0 unspecified atom stereocenters. The monoisotopic (exact) mass is 373 g/mol. The van der Waals surface area contributed by atoms with Crippen LogP contribution in [0.25, 0.3) is 0 Å². The maximum absolute atomic E-state index is 12.7. The summed E-state index contributed by atoms with van der Waals surface area (Å²) in [6.45, 7) is 9.86. The maximum Gasteiger partial charge on any atom is 0.227 e. The highest BCUT2D eigenvalue weighted by molar-refractivity contribution is 5.79. The minimum absolute atomic E-state index is 0.229. The van der Waals surface area contributed by atoms with Gasteiger partial charge in [0.25, 0.3) is 0 Å². The van der Waals surface area contributed by atoms with Crippen LogP contribution in [-0.4, -0.2) is 79.6 Å². The molecule has 5 heteroatoms. The molecule has 1 amide bonds. The molecule has 0 spiro atoms. The van der Waals surface area contributed by atoms with Gasteiger partial charge in [-0.15, -0.1) is 0 Å². The quantitative estimate of drug-likeness (QED) is 0.736. The van der Waals surface area contributed by atoms with E-state index < -0.39 is 0 Å². The summed E-state index contributed by atoms with van der Waals surface area (Å²) < 4.78 is 5.26. The van der Waals surface area contributed by atoms with Crippen LogP contribution in [0.2, 0.25) is 0 Å². The highest BCUT2D eigenvalue weighted by Crippen LogP contribution is 2.25. The van der Waals surface area contributed by atoms with Gasteiger partial charge in [-0.2, -0.15) is 0 Å². The van der Waals surface area contributed by atoms with Crippen molar-refractivity contribution in [3.8, 4) is 5.75 Å². The number of carbonyl (C=O) groups is 1. The summed E-state index contributed by atoms with van der Waals surface area (Å²) in [6.07, 6.45) is 2.96. The number of likely N-dealkylation sites (tertiary alicyclic amines) is 2. The molecular weight excluding hydrogens is 338 g/mol. The van der Waals surface area contributed by atoms with Gasteiger partial charge in [0, 0.05) is 31.7 Å². The van der Waals surface area contributed by atoms with Crippen molar-refractivity contribution in [3.05, 3.63) is 29.8 Å². The van der Waals surface area contributed by atoms with Crippen LogP contribution in [0.15, 0.2) is 24.3 Å². The molecule has 5 nitrogen and oxygen atoms in total. The zero-order chi connectivity index (χ0) is 19.4. The van der Waals surface area contributed by atoms with Crippen LogP contribution < -0.4 is 4.74 Å². The Balaban J connectivity index is 1.54. The number of hydrogen-bond donors (Lipinski definition) is 0. The molecule has 1 aromatic carbocycles. The molecule has 0 N–H and O–H groups in total. The Bertz CT molecular complexity index is 620. The molecular formula is C22H35N3O2. The molecule has 3 rings (SSSR count). The minimum atomic E-state index is 0.229. The van der Waals surface area contributed by atoms with Gasteiger partial charge in [-0.05, 0) is 56.6 Å². The largest absolute Gasteiger partial charge is 0.497 e. The van der Waals surface area contributed by atoms with Crippen LogP contribution >= 0.6 is 0 Å². The molecule has 150 valence electrons. The second kappa shape index (κ2) is 9.07. The average Bonchev–Trinajstić information content (AvgIpc) is 2.60. The summed E-state index contributed by atoms with van der Waals surface area (Å²) in [5.74, 6) is 1.70. The van der Waals surface area contributed by atoms with Gasteiger partial charge in [-0.3, -0.25) is 9.69 Å². The van der Waals surface area contributed by atoms with Gasteiger partial charge in [0.15, 0.2) is 0 Å². The third-order valence-electron chi connectivity index (χ3n) is 5.91. The molecule has 0 bridgehead atoms. The number of hydrogen-bond acceptors (Lipinski definition) is 4. The van der Waals surface area contributed by atoms with Crippen LogP contribution in [0.3, 0.4) is 0 Å². The fourth-order valence-electron chi connectivity index (χ4n) is 4.28. The van der Waals surface area contributed by atoms with Crippen molar-refractivity contribution in [1.29, 1.82) is 0 Å². The van der Waals surface area contributed by atoms with Crippen LogP contribution in [0.4, 0.5) is 0 Å². The van der Waals surface area contributed by atoms with Crippen molar-refractivity contribution in [2.75, 3.05) is 46.9 Å². The summed E-state index contributed by atoms with van der Waals surface area (Å²) in [4.78, 5) is 19.8. The molecule has 2 fully saturated rings. The van der Waals surface area contributed by atoms with Gasteiger partial charge in [0.1, 0.15) is 5.75 Å². The number of amides is 1. The number of ether oxygens (including phenoxy) is 1. The standard InChI is InChI=1S/C22H35N3O2/c1-17(2)14-25(19-8-10-23(3)11-9-19)20-15-24(16-20)22(26)13-18-6-5-7-21(12-18)27-4/h5-7,12,17,19-20H,8-11,13-16H2,1-4H3. The highest BCUT2D eigenvalue weighted by atomic mass is 16.5. The Hall–Kier alpha value is -1.59. The second-order valence-electron chi connectivity index (χ2n) is 8.61. The van der Waals surface area contributed by atoms with Gasteiger partial charge in [-0.25, -0.2) is 0 Å². The lowest BCUT2D eigenvalue weighted by Crippen LogP contribution is -2.64. The summed E-state index contributed by atoms with van der Waals surface area (Å²) in [5.41, 5.74) is 1.03. The molecule has 2 heterocycles. The van der Waals surface area contributed by atoms with Gasteiger partial charge in [0.05, 0.1) is 13.5 Å². The Labute approximate surface area is 164 Å². The van der Waals surface area contributed by atoms with E-state index in [-0.39, 0.29) is 5.91 Å². The lowest BCUT2D eigenvalue weighted by atomic mass is 9.96. The van der Waals surface area contributed by atoms with E-state index in [1.165, 1.54) is 25.9 Å². The minimum Gasteiger partial charge on any atom is -0.497 e. The van der Waals surface area contributed by atoms with E-state index in [1.54, 1.807) is 7.11 Å². The Morgan fingerprint density at radius 1 is 1.22 bits per heavy atom. The van der Waals surface area contributed by atoms with E-state index in [0.29, 0.717) is 24.4 Å². The Morgan fingerprint density at radius 3 is 2.56 bits per heavy atom. The van der Waals surface area contributed by atoms with E-state index in [4.69, 9.17) is 4.74 Å². The maximum atomic E-state index is 12.7. The molecule has 0 atom stereocenters. The van der Waals surface area contributed by atoms with E-state index in [9.17, 15) is 4.79 Å². The molecule has 2 aliphatic heterocycles. The van der Waals surface area contributed by atoms with Crippen molar-refractivity contribution >= 4 is 5.91 Å². The number of nitrogens with zero attached hydrogens (tertiary/aromatic N) is 3. The third-order valence-corrected chi connectivity index (χ3v) is 5.91. The lowest BCUT2D eigenvalue weighted by Gasteiger charge is -2.50. The predicted molar refractivity (Wildman–Crippen MR) is 109 cm³/mol. The van der Waals surface area contributed by atoms with E-state index in [1.807, 2.05) is 29.2 Å². The van der Waals surface area contributed by atoms with Crippen LogP contribution in [-0.2, 0) is 11.2 Å². The number of methoxy groups -OCH3 is 1. The molecule has 27 heavy (non-hydrogen) atoms. The van der Waals surface area contributed by atoms with Gasteiger partial charge >= 0.3 is 0 Å². The normalized spacial score (nSPS) is 19.6. The first-order valence-corrected chi connectivity index (χ1v) is 10.3. The van der Waals surface area contributed by atoms with Crippen molar-refractivity contribution in [2.45, 2.75) is 45.2 Å². The summed E-state index contributed by atoms with van der Waals surface area (Å²) in [7, 11) is 3.87. The molecule has 2 saturated heterocycles. The number of benzene rings is 1. The molecule has 0 aliphatic carbocycles. The van der Waals surface area contributed by atoms with Crippen LogP contribution in [0.5, 0.6) is 5.75 Å². The molecule has 2 aliphatic rings. The molecule has 0 radical (unpaired) electrons. The van der Waals surface area contributed by atoms with E-state index >= 15 is 0 Å². The first-order chi connectivity index (χ1) is 13.0. The van der Waals surface area contributed by atoms with E-state index in [0.717, 1.165) is 30.9 Å². The first kappa shape index (κ1) is 20.2. The zero-order valence-corrected chi connectivity index (χ0v) is 17.4. The first-order valence-electron chi connectivity index (χ1n) is 10.3. The number of carbonyl (C=O) groups excluding carboxylic acids is 1. The predicted octanol–water partition coefficient (Wildman–Crippen LogP) is 2.50. The SMILES string of the molecule is COc1cccc(CC(=O)N2CC(N(CC(C)C)C3CCN(C)CC3)C2)c1. The van der Waals surface area contributed by atoms with Gasteiger partial charge in [-0.1, -0.05) is 26.0 Å². The molecule has 0 aromatic heterocycles. The molecule has 1 aromatic rings. The van der Waals surface area contributed by atoms with Crippen molar-refractivity contribution in [1.82, 2.24) is 14.7 Å². The van der Waals surface area contributed by atoms with Gasteiger partial charge in [0.2, 0.25) is 5.91 Å². The average molecular weight is 374 g/mol. The molecule has 0 saturated carbocycles. The van der Waals surface area contributed by atoms with Crippen molar-refractivity contribution in [2.24, 2.45) is 5.92 Å². The van der Waals surface area contributed by atoms with Crippen molar-refractivity contribution < 1.29 is 9.53 Å². The lowest BCUT2D eigenvalue weighted by molar-refractivity contribution is -0.139. The smallest absolute Gasteiger partial charge is 0.227 e. The fourth-order valence-corrected chi connectivity index (χ4v) is 4.28. The van der Waals surface area contributed by atoms with Gasteiger partial charge < -0.3 is 14.5 Å². The summed E-state index contributed by atoms with van der Waals surface area (Å²) in [5, 5.41) is 0. The fraction of sp³-hybridized carbons (Fsp3) is 0.682. The Morgan fingerprint density at radius 2 is 1.93 bits per heavy atom. The highest BCUT2D eigenvalue weighted by Gasteiger charge is 2.38.